The fourth-order valence-corrected chi connectivity index (χ4v) is 3.25. The van der Waals surface area contributed by atoms with Crippen LogP contribution in [0.5, 0.6) is 0 Å². The lowest BCUT2D eigenvalue weighted by Gasteiger charge is -2.19. The predicted octanol–water partition coefficient (Wildman–Crippen LogP) is 5.46. The van der Waals surface area contributed by atoms with E-state index in [1.807, 2.05) is 53.8 Å². The topological polar surface area (TPSA) is 53.5 Å². The van der Waals surface area contributed by atoms with Crippen LogP contribution in [0.2, 0.25) is 0 Å². The molecule has 0 N–H and O–H groups in total. The van der Waals surface area contributed by atoms with Gasteiger partial charge in [-0.3, -0.25) is 14.0 Å². The fourth-order valence-electron chi connectivity index (χ4n) is 3.25. The van der Waals surface area contributed by atoms with Crippen molar-refractivity contribution in [1.29, 1.82) is 0 Å². The monoisotopic (exact) mass is 428 g/mol. The van der Waals surface area contributed by atoms with E-state index in [0.29, 0.717) is 0 Å². The Balaban J connectivity index is 0.000000233. The zero-order chi connectivity index (χ0) is 24.2. The number of rotatable bonds is 0. The van der Waals surface area contributed by atoms with Gasteiger partial charge in [-0.1, -0.05) is 62.3 Å². The van der Waals surface area contributed by atoms with E-state index < -0.39 is 0 Å². The minimum atomic E-state index is 0.182. The van der Waals surface area contributed by atoms with Crippen molar-refractivity contribution >= 4 is 0 Å². The van der Waals surface area contributed by atoms with E-state index in [9.17, 15) is 0 Å². The number of hydrogen-bond donors (Lipinski definition) is 0. The smallest absolute Gasteiger partial charge is 0.0677 e. The van der Waals surface area contributed by atoms with Crippen molar-refractivity contribution in [2.45, 2.75) is 85.5 Å². The highest BCUT2D eigenvalue weighted by Gasteiger charge is 2.20. The molecule has 0 aromatic carbocycles. The second-order valence-electron chi connectivity index (χ2n) is 11.3. The quantitative estimate of drug-likeness (QED) is 0.478. The van der Waals surface area contributed by atoms with Crippen molar-refractivity contribution < 1.29 is 0 Å². The molecular weight excluding hydrogens is 384 g/mol. The van der Waals surface area contributed by atoms with Crippen LogP contribution in [0.3, 0.4) is 0 Å². The molecule has 6 heteroatoms. The molecule has 0 saturated heterocycles. The Morgan fingerprint density at radius 2 is 1.29 bits per heavy atom. The molecule has 0 spiro atoms. The second-order valence-corrected chi connectivity index (χ2v) is 11.3. The molecule has 174 valence electrons. The molecule has 3 heterocycles. The van der Waals surface area contributed by atoms with Gasteiger partial charge in [-0.25, -0.2) is 0 Å². The van der Waals surface area contributed by atoms with Gasteiger partial charge >= 0.3 is 0 Å². The van der Waals surface area contributed by atoms with E-state index in [-0.39, 0.29) is 16.2 Å². The van der Waals surface area contributed by atoms with Gasteiger partial charge in [-0.2, -0.15) is 15.3 Å². The first-order valence-electron chi connectivity index (χ1n) is 10.9. The summed E-state index contributed by atoms with van der Waals surface area (Å²) < 4.78 is 5.62. The summed E-state index contributed by atoms with van der Waals surface area (Å²) >= 11 is 0. The van der Waals surface area contributed by atoms with E-state index in [1.54, 1.807) is 0 Å². The first-order valence-corrected chi connectivity index (χ1v) is 10.9. The van der Waals surface area contributed by atoms with Gasteiger partial charge in [0.2, 0.25) is 0 Å². The van der Waals surface area contributed by atoms with Crippen LogP contribution >= 0.6 is 0 Å². The standard InChI is InChI=1S/C9H16N2.2C8H14N2/c1-7-6-10-11(5)8(7)9(2,3)4;1-8(2,3)7-5-9-10(4)6-7;1-8(2,3)7-5-6-10(4)9-7/h6H,1-5H3;2*5-6H,1-4H3. The molecule has 3 aromatic heterocycles. The molecule has 0 fully saturated rings. The van der Waals surface area contributed by atoms with Crippen LogP contribution in [0, 0.1) is 6.92 Å². The Labute approximate surface area is 189 Å². The van der Waals surface area contributed by atoms with Crippen molar-refractivity contribution in [1.82, 2.24) is 29.3 Å². The fraction of sp³-hybridized carbons (Fsp3) is 0.640. The summed E-state index contributed by atoms with van der Waals surface area (Å²) in [6.45, 7) is 21.8. The molecule has 0 atom stereocenters. The number of hydrogen-bond acceptors (Lipinski definition) is 3. The number of aryl methyl sites for hydroxylation is 4. The molecule has 0 radical (unpaired) electrons. The summed E-state index contributed by atoms with van der Waals surface area (Å²) in [7, 11) is 5.87. The second kappa shape index (κ2) is 9.84. The van der Waals surface area contributed by atoms with Crippen molar-refractivity contribution in [3.63, 3.8) is 0 Å². The van der Waals surface area contributed by atoms with E-state index in [4.69, 9.17) is 0 Å². The lowest BCUT2D eigenvalue weighted by molar-refractivity contribution is 0.520. The van der Waals surface area contributed by atoms with Gasteiger partial charge in [0.05, 0.1) is 18.1 Å². The van der Waals surface area contributed by atoms with Gasteiger partial charge in [-0.05, 0) is 29.5 Å². The molecule has 3 rings (SSSR count). The van der Waals surface area contributed by atoms with Gasteiger partial charge < -0.3 is 0 Å². The highest BCUT2D eigenvalue weighted by Crippen LogP contribution is 2.24. The summed E-state index contributed by atoms with van der Waals surface area (Å²) in [5.74, 6) is 0. The van der Waals surface area contributed by atoms with E-state index in [0.717, 1.165) is 5.69 Å². The number of nitrogens with zero attached hydrogens (tertiary/aromatic N) is 6. The minimum absolute atomic E-state index is 0.182. The molecule has 0 bridgehead atoms. The van der Waals surface area contributed by atoms with Gasteiger partial charge in [-0.15, -0.1) is 0 Å². The average molecular weight is 429 g/mol. The normalized spacial score (nSPS) is 12.0. The SMILES string of the molecule is Cc1cnn(C)c1C(C)(C)C.Cn1cc(C(C)(C)C)cn1.Cn1ccc(C(C)(C)C)n1. The summed E-state index contributed by atoms with van der Waals surface area (Å²) in [5, 5.41) is 12.6. The molecule has 31 heavy (non-hydrogen) atoms. The molecule has 0 unspecified atom stereocenters. The zero-order valence-corrected chi connectivity index (χ0v) is 22.1. The molecule has 0 saturated carbocycles. The summed E-state index contributed by atoms with van der Waals surface area (Å²) in [6.07, 6.45) is 7.86. The van der Waals surface area contributed by atoms with Gasteiger partial charge in [0, 0.05) is 50.1 Å². The molecule has 0 aliphatic heterocycles. The van der Waals surface area contributed by atoms with E-state index in [1.165, 1.54) is 16.8 Å². The van der Waals surface area contributed by atoms with Crippen LogP contribution in [0.1, 0.15) is 84.8 Å². The Kier molecular flexibility index (Phi) is 8.46. The third kappa shape index (κ3) is 8.35. The van der Waals surface area contributed by atoms with Gasteiger partial charge in [0.25, 0.3) is 0 Å². The Bertz CT molecular complexity index is 866. The lowest BCUT2D eigenvalue weighted by atomic mass is 9.90. The van der Waals surface area contributed by atoms with Crippen molar-refractivity contribution in [2.24, 2.45) is 21.1 Å². The molecular formula is C25H44N6. The van der Waals surface area contributed by atoms with Crippen LogP contribution in [-0.4, -0.2) is 29.3 Å². The van der Waals surface area contributed by atoms with Crippen molar-refractivity contribution in [2.75, 3.05) is 0 Å². The zero-order valence-electron chi connectivity index (χ0n) is 22.1. The molecule has 3 aromatic rings. The summed E-state index contributed by atoms with van der Waals surface area (Å²) in [6, 6.07) is 2.06. The minimum Gasteiger partial charge on any atom is -0.276 e. The molecule has 0 aliphatic rings. The van der Waals surface area contributed by atoms with Crippen LogP contribution in [0.15, 0.2) is 30.9 Å². The van der Waals surface area contributed by atoms with Crippen LogP contribution in [0.4, 0.5) is 0 Å². The van der Waals surface area contributed by atoms with E-state index in [2.05, 4.69) is 96.8 Å². The lowest BCUT2D eigenvalue weighted by Crippen LogP contribution is -2.17. The van der Waals surface area contributed by atoms with Crippen LogP contribution < -0.4 is 0 Å². The predicted molar refractivity (Wildman–Crippen MR) is 130 cm³/mol. The first kappa shape index (κ1) is 26.7. The highest BCUT2D eigenvalue weighted by atomic mass is 15.3. The first-order chi connectivity index (χ1) is 13.9. The maximum Gasteiger partial charge on any atom is 0.0677 e. The summed E-state index contributed by atoms with van der Waals surface area (Å²) in [4.78, 5) is 0. The van der Waals surface area contributed by atoms with Crippen LogP contribution in [0.25, 0.3) is 0 Å². The van der Waals surface area contributed by atoms with Crippen molar-refractivity contribution in [3.8, 4) is 0 Å². The van der Waals surface area contributed by atoms with Gasteiger partial charge in [0.15, 0.2) is 0 Å². The molecule has 0 aliphatic carbocycles. The average Bonchev–Trinajstić information content (AvgIpc) is 3.27. The number of aromatic nitrogens is 6. The maximum atomic E-state index is 4.30. The molecule has 0 amide bonds. The maximum absolute atomic E-state index is 4.30. The van der Waals surface area contributed by atoms with Gasteiger partial charge in [0.1, 0.15) is 0 Å². The van der Waals surface area contributed by atoms with Crippen molar-refractivity contribution in [3.05, 3.63) is 53.4 Å². The Morgan fingerprint density at radius 1 is 0.710 bits per heavy atom. The molecule has 6 nitrogen and oxygen atoms in total. The third-order valence-electron chi connectivity index (χ3n) is 4.89. The van der Waals surface area contributed by atoms with Crippen LogP contribution in [-0.2, 0) is 37.4 Å². The van der Waals surface area contributed by atoms with E-state index >= 15 is 0 Å². The Morgan fingerprint density at radius 3 is 1.48 bits per heavy atom. The highest BCUT2D eigenvalue weighted by molar-refractivity contribution is 5.22. The summed E-state index contributed by atoms with van der Waals surface area (Å²) in [5.41, 5.74) is 5.65. The largest absolute Gasteiger partial charge is 0.276 e. The third-order valence-corrected chi connectivity index (χ3v) is 4.89. The Hall–Kier alpha value is -2.37.